The highest BCUT2D eigenvalue weighted by molar-refractivity contribution is 5.99. The number of benzene rings is 1. The summed E-state index contributed by atoms with van der Waals surface area (Å²) in [5.74, 6) is -2.44. The highest BCUT2D eigenvalue weighted by Crippen LogP contribution is 2.51. The van der Waals surface area contributed by atoms with E-state index in [0.29, 0.717) is 6.42 Å². The number of fused-ring (bicyclic) bond motifs is 4. The Morgan fingerprint density at radius 1 is 1.35 bits per heavy atom. The fraction of sp³-hybridized carbons (Fsp3) is 0.529. The first-order valence-corrected chi connectivity index (χ1v) is 7.87. The summed E-state index contributed by atoms with van der Waals surface area (Å²) >= 11 is 0. The lowest BCUT2D eigenvalue weighted by Crippen LogP contribution is -2.63. The van der Waals surface area contributed by atoms with Crippen molar-refractivity contribution in [3.05, 3.63) is 29.3 Å². The van der Waals surface area contributed by atoms with Gasteiger partial charge in [-0.25, -0.2) is 0 Å². The number of nitrogens with two attached hydrogens (primary N) is 2. The Morgan fingerprint density at radius 2 is 2.00 bits per heavy atom. The minimum Gasteiger partial charge on any atom is -0.508 e. The van der Waals surface area contributed by atoms with E-state index in [-0.39, 0.29) is 17.7 Å². The fourth-order valence-corrected chi connectivity index (χ4v) is 4.62. The molecule has 1 aliphatic heterocycles. The summed E-state index contributed by atoms with van der Waals surface area (Å²) in [5.41, 5.74) is 12.8. The van der Waals surface area contributed by atoms with E-state index in [9.17, 15) is 14.7 Å². The molecule has 3 atom stereocenters. The van der Waals surface area contributed by atoms with Crippen LogP contribution in [-0.4, -0.2) is 41.5 Å². The number of amides is 2. The predicted octanol–water partition coefficient (Wildman–Crippen LogP) is 0.113. The van der Waals surface area contributed by atoms with Crippen molar-refractivity contribution in [1.82, 2.24) is 4.90 Å². The topological polar surface area (TPSA) is 110 Å². The molecule has 2 bridgehead atoms. The molecule has 5 N–H and O–H groups in total. The first-order chi connectivity index (χ1) is 10.8. The molecule has 1 saturated heterocycles. The van der Waals surface area contributed by atoms with Crippen LogP contribution in [0, 0.1) is 11.8 Å². The Kier molecular flexibility index (Phi) is 3.59. The molecular weight excluding hydrogens is 294 g/mol. The van der Waals surface area contributed by atoms with Crippen molar-refractivity contribution >= 4 is 11.8 Å². The van der Waals surface area contributed by atoms with Crippen LogP contribution in [0.2, 0.25) is 0 Å². The number of piperidine rings is 1. The highest BCUT2D eigenvalue weighted by atomic mass is 16.3. The Bertz CT molecular complexity index is 661. The molecule has 0 radical (unpaired) electrons. The van der Waals surface area contributed by atoms with E-state index >= 15 is 0 Å². The van der Waals surface area contributed by atoms with Crippen molar-refractivity contribution in [1.29, 1.82) is 0 Å². The molecule has 0 unspecified atom stereocenters. The first-order valence-electron chi connectivity index (χ1n) is 7.87. The van der Waals surface area contributed by atoms with Gasteiger partial charge in [0.1, 0.15) is 11.7 Å². The maximum atomic E-state index is 12.0. The number of aromatic hydroxyl groups is 1. The number of likely N-dealkylation sites (N-methyl/N-ethyl adjacent to an activating group) is 1. The van der Waals surface area contributed by atoms with Gasteiger partial charge in [-0.2, -0.15) is 0 Å². The molecular formula is C17H23N3O3. The molecule has 3 rings (SSSR count). The first kappa shape index (κ1) is 15.8. The third-order valence-corrected chi connectivity index (χ3v) is 5.81. The molecule has 2 aliphatic rings. The van der Waals surface area contributed by atoms with Crippen LogP contribution >= 0.6 is 0 Å². The Hall–Kier alpha value is -2.08. The van der Waals surface area contributed by atoms with Gasteiger partial charge in [0.2, 0.25) is 11.8 Å². The number of carbonyl (C=O) groups excluding carboxylic acids is 2. The van der Waals surface area contributed by atoms with Crippen molar-refractivity contribution < 1.29 is 14.7 Å². The number of hydrogen-bond donors (Lipinski definition) is 3. The second-order valence-electron chi connectivity index (χ2n) is 7.07. The largest absolute Gasteiger partial charge is 0.508 e. The third-order valence-electron chi connectivity index (χ3n) is 5.81. The van der Waals surface area contributed by atoms with Gasteiger partial charge in [-0.1, -0.05) is 13.0 Å². The zero-order valence-electron chi connectivity index (χ0n) is 13.5. The maximum Gasteiger partial charge on any atom is 0.230 e. The van der Waals surface area contributed by atoms with Gasteiger partial charge in [0.25, 0.3) is 0 Å². The normalized spacial score (nSPS) is 30.0. The highest BCUT2D eigenvalue weighted by Gasteiger charge is 2.55. The molecule has 6 nitrogen and oxygen atoms in total. The van der Waals surface area contributed by atoms with Crippen LogP contribution in [0.1, 0.15) is 24.5 Å². The molecule has 0 saturated carbocycles. The van der Waals surface area contributed by atoms with E-state index in [1.54, 1.807) is 12.1 Å². The van der Waals surface area contributed by atoms with Gasteiger partial charge in [-0.3, -0.25) is 9.59 Å². The van der Waals surface area contributed by atoms with Crippen LogP contribution in [0.4, 0.5) is 0 Å². The number of phenolic OH excluding ortho intramolecular Hbond substituents is 1. The molecule has 1 heterocycles. The average Bonchev–Trinajstić information content (AvgIpc) is 2.46. The number of nitrogens with zero attached hydrogens (tertiary/aromatic N) is 1. The summed E-state index contributed by atoms with van der Waals surface area (Å²) in [6.07, 6.45) is 1.49. The number of carbonyl (C=O) groups is 2. The van der Waals surface area contributed by atoms with Gasteiger partial charge in [0.15, 0.2) is 0 Å². The van der Waals surface area contributed by atoms with E-state index < -0.39 is 23.1 Å². The quantitative estimate of drug-likeness (QED) is 0.687. The number of hydrogen-bond acceptors (Lipinski definition) is 4. The summed E-state index contributed by atoms with van der Waals surface area (Å²) < 4.78 is 0. The van der Waals surface area contributed by atoms with Gasteiger partial charge >= 0.3 is 0 Å². The van der Waals surface area contributed by atoms with Gasteiger partial charge < -0.3 is 21.5 Å². The summed E-state index contributed by atoms with van der Waals surface area (Å²) in [5, 5.41) is 9.90. The molecule has 1 fully saturated rings. The van der Waals surface area contributed by atoms with Crippen molar-refractivity contribution in [3.63, 3.8) is 0 Å². The molecule has 0 spiro atoms. The summed E-state index contributed by atoms with van der Waals surface area (Å²) in [6, 6.07) is 5.38. The predicted molar refractivity (Wildman–Crippen MR) is 85.6 cm³/mol. The molecule has 1 aromatic carbocycles. The third kappa shape index (κ3) is 2.28. The molecule has 1 aromatic rings. The number of rotatable bonds is 3. The van der Waals surface area contributed by atoms with Crippen LogP contribution in [0.5, 0.6) is 5.75 Å². The maximum absolute atomic E-state index is 12.0. The number of primary amides is 2. The summed E-state index contributed by atoms with van der Waals surface area (Å²) in [6.45, 7) is 2.91. The zero-order valence-corrected chi connectivity index (χ0v) is 13.5. The molecule has 23 heavy (non-hydrogen) atoms. The van der Waals surface area contributed by atoms with Crippen LogP contribution < -0.4 is 11.5 Å². The van der Waals surface area contributed by atoms with Gasteiger partial charge in [-0.05, 0) is 55.1 Å². The second-order valence-corrected chi connectivity index (χ2v) is 7.07. The fourth-order valence-electron chi connectivity index (χ4n) is 4.62. The Balaban J connectivity index is 2.19. The SMILES string of the molecule is CN1CC[C@]2(C)c3cc(O)ccc3C[C@@H]1[C@@H]2C(C(N)=O)C(N)=O. The standard InChI is InChI=1S/C17H23N3O3/c1-17-5-6-20(2)12(14(17)13(15(18)22)16(19)23)7-9-3-4-10(21)8-11(9)17/h3-4,8,12-14,21H,5-7H2,1-2H3,(H2,18,22)(H2,19,23)/t12-,14-,17-/m1/s1. The summed E-state index contributed by atoms with van der Waals surface area (Å²) in [7, 11) is 2.00. The van der Waals surface area contributed by atoms with Gasteiger partial charge in [0.05, 0.1) is 0 Å². The van der Waals surface area contributed by atoms with Crippen LogP contribution in [0.3, 0.4) is 0 Å². The molecule has 2 amide bonds. The Morgan fingerprint density at radius 3 is 2.61 bits per heavy atom. The monoisotopic (exact) mass is 317 g/mol. The lowest BCUT2D eigenvalue weighted by Gasteiger charge is -2.56. The van der Waals surface area contributed by atoms with Crippen molar-refractivity contribution in [2.24, 2.45) is 23.3 Å². The molecule has 124 valence electrons. The Labute approximate surface area is 135 Å². The van der Waals surface area contributed by atoms with Crippen molar-refractivity contribution in [3.8, 4) is 5.75 Å². The number of likely N-dealkylation sites (tertiary alicyclic amines) is 1. The zero-order chi connectivity index (χ0) is 16.9. The second kappa shape index (κ2) is 5.23. The number of phenols is 1. The van der Waals surface area contributed by atoms with Crippen molar-refractivity contribution in [2.75, 3.05) is 13.6 Å². The van der Waals surface area contributed by atoms with Gasteiger partial charge in [0, 0.05) is 12.0 Å². The minimum atomic E-state index is -1.01. The van der Waals surface area contributed by atoms with E-state index in [0.717, 1.165) is 24.1 Å². The van der Waals surface area contributed by atoms with Crippen molar-refractivity contribution in [2.45, 2.75) is 31.2 Å². The molecule has 1 aliphatic carbocycles. The lowest BCUT2D eigenvalue weighted by molar-refractivity contribution is -0.139. The molecule has 0 aromatic heterocycles. The van der Waals surface area contributed by atoms with Gasteiger partial charge in [-0.15, -0.1) is 0 Å². The minimum absolute atomic E-state index is 0.0239. The van der Waals surface area contributed by atoms with E-state index in [4.69, 9.17) is 11.5 Å². The van der Waals surface area contributed by atoms with E-state index in [2.05, 4.69) is 4.90 Å². The van der Waals surface area contributed by atoms with Crippen LogP contribution in [-0.2, 0) is 21.4 Å². The smallest absolute Gasteiger partial charge is 0.230 e. The van der Waals surface area contributed by atoms with E-state index in [1.807, 2.05) is 20.0 Å². The average molecular weight is 317 g/mol. The summed E-state index contributed by atoms with van der Waals surface area (Å²) in [4.78, 5) is 26.1. The lowest BCUT2D eigenvalue weighted by atomic mass is 9.54. The van der Waals surface area contributed by atoms with E-state index in [1.165, 1.54) is 0 Å². The molecule has 6 heteroatoms. The van der Waals surface area contributed by atoms with Crippen LogP contribution in [0.25, 0.3) is 0 Å². The van der Waals surface area contributed by atoms with Crippen LogP contribution in [0.15, 0.2) is 18.2 Å².